The van der Waals surface area contributed by atoms with Crippen molar-refractivity contribution in [2.24, 2.45) is 5.73 Å². The minimum atomic E-state index is -0.500. The fourth-order valence-corrected chi connectivity index (χ4v) is 1.97. The van der Waals surface area contributed by atoms with E-state index in [9.17, 15) is 4.79 Å². The number of aryl methyl sites for hydroxylation is 1. The van der Waals surface area contributed by atoms with Gasteiger partial charge in [-0.25, -0.2) is 0 Å². The minimum absolute atomic E-state index is 0.370. The Labute approximate surface area is 122 Å². The Hall–Kier alpha value is -2.47. The van der Waals surface area contributed by atoms with Gasteiger partial charge in [0.2, 0.25) is 0 Å². The lowest BCUT2D eigenvalue weighted by Gasteiger charge is -2.14. The predicted molar refractivity (Wildman–Crippen MR) is 83.8 cm³/mol. The number of aromatic nitrogens is 1. The Morgan fingerprint density at radius 1 is 1.25 bits per heavy atom. The van der Waals surface area contributed by atoms with E-state index < -0.39 is 5.91 Å². The van der Waals surface area contributed by atoms with Gasteiger partial charge in [-0.05, 0) is 42.9 Å². The van der Waals surface area contributed by atoms with E-state index >= 15 is 0 Å². The molecule has 0 saturated heterocycles. The number of nitrogens with two attached hydrogens (primary N) is 1. The van der Waals surface area contributed by atoms with E-state index in [0.29, 0.717) is 16.4 Å². The Morgan fingerprint density at radius 2 is 2.05 bits per heavy atom. The van der Waals surface area contributed by atoms with Crippen molar-refractivity contribution in [1.29, 1.82) is 0 Å². The van der Waals surface area contributed by atoms with Gasteiger partial charge < -0.3 is 16.4 Å². The van der Waals surface area contributed by atoms with Crippen molar-refractivity contribution in [1.82, 2.24) is 4.98 Å². The lowest BCUT2D eigenvalue weighted by molar-refractivity contribution is 0.100. The smallest absolute Gasteiger partial charge is 0.250 e. The van der Waals surface area contributed by atoms with Gasteiger partial charge in [0, 0.05) is 6.20 Å². The molecule has 0 aliphatic carbocycles. The van der Waals surface area contributed by atoms with Crippen molar-refractivity contribution in [2.45, 2.75) is 6.92 Å². The number of thiocarbonyl (C=S) groups is 1. The molecule has 20 heavy (non-hydrogen) atoms. The van der Waals surface area contributed by atoms with Gasteiger partial charge in [0.15, 0.2) is 5.11 Å². The number of pyridine rings is 1. The van der Waals surface area contributed by atoms with E-state index in [4.69, 9.17) is 18.0 Å². The van der Waals surface area contributed by atoms with E-state index in [-0.39, 0.29) is 0 Å². The number of anilines is 2. The molecule has 2 aromatic rings. The van der Waals surface area contributed by atoms with Crippen LogP contribution in [0.3, 0.4) is 0 Å². The van der Waals surface area contributed by atoms with Crippen molar-refractivity contribution < 1.29 is 4.79 Å². The molecule has 1 amide bonds. The first kappa shape index (κ1) is 14.0. The van der Waals surface area contributed by atoms with Crippen LogP contribution >= 0.6 is 12.2 Å². The number of carbonyl (C=O) groups is 1. The average Bonchev–Trinajstić information content (AvgIpc) is 2.42. The van der Waals surface area contributed by atoms with E-state index in [1.807, 2.05) is 19.1 Å². The van der Waals surface area contributed by atoms with Crippen LogP contribution in [0.2, 0.25) is 0 Å². The number of primary amides is 1. The Balaban J connectivity index is 2.18. The molecule has 1 aromatic carbocycles. The molecule has 6 heteroatoms. The zero-order valence-corrected chi connectivity index (χ0v) is 11.7. The normalized spacial score (nSPS) is 9.85. The van der Waals surface area contributed by atoms with Crippen LogP contribution < -0.4 is 16.4 Å². The van der Waals surface area contributed by atoms with Crippen LogP contribution in [0.1, 0.15) is 15.9 Å². The van der Waals surface area contributed by atoms with Gasteiger partial charge in [-0.2, -0.15) is 0 Å². The third-order valence-corrected chi connectivity index (χ3v) is 2.90. The second kappa shape index (κ2) is 6.12. The standard InChI is InChI=1S/C14H14N4OS/c1-9-4-2-6-11(13(15)19)12(9)18-14(20)17-10-5-3-7-16-8-10/h2-8H,1H3,(H2,15,19)(H2,17,18,20). The van der Waals surface area contributed by atoms with Crippen LogP contribution in [0.25, 0.3) is 0 Å². The maximum absolute atomic E-state index is 11.4. The van der Waals surface area contributed by atoms with Crippen LogP contribution in [0.15, 0.2) is 42.7 Å². The molecule has 1 heterocycles. The van der Waals surface area contributed by atoms with E-state index in [2.05, 4.69) is 15.6 Å². The Morgan fingerprint density at radius 3 is 2.70 bits per heavy atom. The SMILES string of the molecule is Cc1cccc(C(N)=O)c1NC(=S)Nc1cccnc1. The van der Waals surface area contributed by atoms with Crippen molar-refractivity contribution in [3.8, 4) is 0 Å². The lowest BCUT2D eigenvalue weighted by atomic mass is 10.1. The van der Waals surface area contributed by atoms with Crippen LogP contribution in [-0.4, -0.2) is 16.0 Å². The first-order valence-electron chi connectivity index (χ1n) is 5.95. The summed E-state index contributed by atoms with van der Waals surface area (Å²) in [5, 5.41) is 6.36. The molecule has 0 saturated carbocycles. The monoisotopic (exact) mass is 286 g/mol. The third kappa shape index (κ3) is 3.30. The van der Waals surface area contributed by atoms with Gasteiger partial charge in [-0.15, -0.1) is 0 Å². The summed E-state index contributed by atoms with van der Waals surface area (Å²) in [6.07, 6.45) is 3.33. The van der Waals surface area contributed by atoms with Crippen molar-refractivity contribution in [2.75, 3.05) is 10.6 Å². The van der Waals surface area contributed by atoms with Crippen molar-refractivity contribution in [3.63, 3.8) is 0 Å². The van der Waals surface area contributed by atoms with Gasteiger partial charge >= 0.3 is 0 Å². The number of hydrogen-bond donors (Lipinski definition) is 3. The van der Waals surface area contributed by atoms with Gasteiger partial charge in [0.25, 0.3) is 5.91 Å². The number of nitrogens with one attached hydrogen (secondary N) is 2. The predicted octanol–water partition coefficient (Wildman–Crippen LogP) is 2.30. The highest BCUT2D eigenvalue weighted by molar-refractivity contribution is 7.80. The molecule has 0 unspecified atom stereocenters. The van der Waals surface area contributed by atoms with E-state index in [0.717, 1.165) is 11.3 Å². The maximum Gasteiger partial charge on any atom is 0.250 e. The molecule has 4 N–H and O–H groups in total. The second-order valence-corrected chi connectivity index (χ2v) is 4.59. The van der Waals surface area contributed by atoms with Crippen LogP contribution in [0, 0.1) is 6.92 Å². The summed E-state index contributed by atoms with van der Waals surface area (Å²) in [6.45, 7) is 1.88. The number of rotatable bonds is 3. The molecular weight excluding hydrogens is 272 g/mol. The first-order valence-corrected chi connectivity index (χ1v) is 6.36. The maximum atomic E-state index is 11.4. The van der Waals surface area contributed by atoms with Crippen LogP contribution in [-0.2, 0) is 0 Å². The molecular formula is C14H14N4OS. The number of carbonyl (C=O) groups excluding carboxylic acids is 1. The topological polar surface area (TPSA) is 80.0 Å². The largest absolute Gasteiger partial charge is 0.366 e. The molecule has 0 aliphatic rings. The molecule has 0 aliphatic heterocycles. The molecule has 1 aromatic heterocycles. The van der Waals surface area contributed by atoms with Crippen molar-refractivity contribution >= 4 is 34.6 Å². The highest BCUT2D eigenvalue weighted by atomic mass is 32.1. The first-order chi connectivity index (χ1) is 9.58. The quantitative estimate of drug-likeness (QED) is 0.754. The summed E-state index contributed by atoms with van der Waals surface area (Å²) in [5.41, 5.74) is 8.02. The third-order valence-electron chi connectivity index (χ3n) is 2.70. The summed E-state index contributed by atoms with van der Waals surface area (Å²) < 4.78 is 0. The average molecular weight is 286 g/mol. The summed E-state index contributed by atoms with van der Waals surface area (Å²) in [5.74, 6) is -0.500. The number of benzene rings is 1. The lowest BCUT2D eigenvalue weighted by Crippen LogP contribution is -2.23. The number of para-hydroxylation sites is 1. The summed E-state index contributed by atoms with van der Waals surface area (Å²) in [7, 11) is 0. The van der Waals surface area contributed by atoms with Gasteiger partial charge in [0.05, 0.1) is 23.1 Å². The summed E-state index contributed by atoms with van der Waals surface area (Å²) in [4.78, 5) is 15.4. The summed E-state index contributed by atoms with van der Waals surface area (Å²) in [6, 6.07) is 8.95. The Bertz CT molecular complexity index is 643. The molecule has 0 spiro atoms. The number of nitrogens with zero attached hydrogens (tertiary/aromatic N) is 1. The van der Waals surface area contributed by atoms with Gasteiger partial charge in [-0.1, -0.05) is 12.1 Å². The molecule has 0 fully saturated rings. The van der Waals surface area contributed by atoms with Gasteiger partial charge in [0.1, 0.15) is 0 Å². The zero-order valence-electron chi connectivity index (χ0n) is 10.9. The second-order valence-electron chi connectivity index (χ2n) is 4.18. The van der Waals surface area contributed by atoms with Gasteiger partial charge in [-0.3, -0.25) is 9.78 Å². The molecule has 0 atom stereocenters. The van der Waals surface area contributed by atoms with E-state index in [1.165, 1.54) is 0 Å². The summed E-state index contributed by atoms with van der Waals surface area (Å²) >= 11 is 5.22. The molecule has 0 radical (unpaired) electrons. The van der Waals surface area contributed by atoms with Crippen LogP contribution in [0.4, 0.5) is 11.4 Å². The fraction of sp³-hybridized carbons (Fsp3) is 0.0714. The molecule has 2 rings (SSSR count). The molecule has 5 nitrogen and oxygen atoms in total. The zero-order chi connectivity index (χ0) is 14.5. The minimum Gasteiger partial charge on any atom is -0.366 e. The fourth-order valence-electron chi connectivity index (χ4n) is 1.75. The number of hydrogen-bond acceptors (Lipinski definition) is 3. The highest BCUT2D eigenvalue weighted by Crippen LogP contribution is 2.20. The molecule has 102 valence electrons. The van der Waals surface area contributed by atoms with E-state index in [1.54, 1.807) is 30.6 Å². The number of amides is 1. The van der Waals surface area contributed by atoms with Crippen LogP contribution in [0.5, 0.6) is 0 Å². The highest BCUT2D eigenvalue weighted by Gasteiger charge is 2.11. The Kier molecular flexibility index (Phi) is 4.27. The van der Waals surface area contributed by atoms with Crippen molar-refractivity contribution in [3.05, 3.63) is 53.9 Å². The molecule has 0 bridgehead atoms.